The number of carbonyl (C=O) groups is 2. The largest absolute Gasteiger partial charge is 0.481 e. The molecule has 0 spiro atoms. The van der Waals surface area contributed by atoms with Crippen molar-refractivity contribution in [3.8, 4) is 0 Å². The zero-order valence-corrected chi connectivity index (χ0v) is 12.7. The molecule has 5 nitrogen and oxygen atoms in total. The number of pyridine rings is 1. The maximum Gasteiger partial charge on any atom is 0.311 e. The molecule has 0 radical (unpaired) electrons. The zero-order chi connectivity index (χ0) is 15.5. The molecule has 0 atom stereocenters. The highest BCUT2D eigenvalue weighted by Gasteiger charge is 2.41. The average molecular weight is 311 g/mol. The number of aliphatic carboxylic acids is 1. The number of carboxylic acids is 1. The highest BCUT2D eigenvalue weighted by molar-refractivity contribution is 6.33. The molecule has 2 N–H and O–H groups in total. The van der Waals surface area contributed by atoms with Gasteiger partial charge < -0.3 is 10.4 Å². The van der Waals surface area contributed by atoms with Crippen LogP contribution in [0.2, 0.25) is 5.02 Å². The van der Waals surface area contributed by atoms with Crippen LogP contribution in [0.3, 0.4) is 0 Å². The van der Waals surface area contributed by atoms with E-state index < -0.39 is 11.4 Å². The van der Waals surface area contributed by atoms with Crippen molar-refractivity contribution in [3.05, 3.63) is 29.0 Å². The third kappa shape index (κ3) is 3.53. The van der Waals surface area contributed by atoms with Crippen molar-refractivity contribution in [2.75, 3.05) is 6.54 Å². The normalized spacial score (nSPS) is 25.3. The van der Waals surface area contributed by atoms with Gasteiger partial charge in [0, 0.05) is 18.9 Å². The minimum atomic E-state index is -0.859. The molecule has 1 aliphatic rings. The summed E-state index contributed by atoms with van der Waals surface area (Å²) in [7, 11) is 0. The predicted molar refractivity (Wildman–Crippen MR) is 79.3 cm³/mol. The van der Waals surface area contributed by atoms with E-state index in [1.54, 1.807) is 0 Å². The quantitative estimate of drug-likeness (QED) is 0.896. The van der Waals surface area contributed by atoms with E-state index >= 15 is 0 Å². The molecule has 1 aromatic rings. The van der Waals surface area contributed by atoms with Crippen molar-refractivity contribution >= 4 is 23.5 Å². The Kier molecular flexibility index (Phi) is 4.83. The van der Waals surface area contributed by atoms with Gasteiger partial charge in [0.25, 0.3) is 5.91 Å². The Hall–Kier alpha value is -1.62. The second kappa shape index (κ2) is 6.43. The van der Waals surface area contributed by atoms with Gasteiger partial charge in [-0.1, -0.05) is 18.5 Å². The fourth-order valence-corrected chi connectivity index (χ4v) is 2.89. The van der Waals surface area contributed by atoms with E-state index in [2.05, 4.69) is 17.2 Å². The van der Waals surface area contributed by atoms with Gasteiger partial charge in [0.05, 0.1) is 16.0 Å². The molecule has 114 valence electrons. The second-order valence-electron chi connectivity index (χ2n) is 5.81. The van der Waals surface area contributed by atoms with Gasteiger partial charge in [-0.05, 0) is 37.7 Å². The predicted octanol–water partition coefficient (Wildman–Crippen LogP) is 2.75. The van der Waals surface area contributed by atoms with E-state index in [1.165, 1.54) is 18.5 Å². The van der Waals surface area contributed by atoms with Gasteiger partial charge in [0.15, 0.2) is 0 Å². The minimum absolute atomic E-state index is 0.131. The lowest BCUT2D eigenvalue weighted by atomic mass is 9.71. The molecule has 2 rings (SSSR count). The summed E-state index contributed by atoms with van der Waals surface area (Å²) in [5, 5.41) is 12.5. The van der Waals surface area contributed by atoms with E-state index in [9.17, 15) is 14.7 Å². The highest BCUT2D eigenvalue weighted by Crippen LogP contribution is 2.38. The molecule has 0 aliphatic heterocycles. The van der Waals surface area contributed by atoms with E-state index in [-0.39, 0.29) is 17.5 Å². The molecule has 1 heterocycles. The summed E-state index contributed by atoms with van der Waals surface area (Å²) in [5.41, 5.74) is -0.543. The van der Waals surface area contributed by atoms with Crippen LogP contribution in [0.1, 0.15) is 43.0 Å². The number of halogens is 1. The first-order valence-electron chi connectivity index (χ1n) is 7.06. The molecular formula is C15H19ClN2O3. The van der Waals surface area contributed by atoms with Gasteiger partial charge in [-0.25, -0.2) is 0 Å². The zero-order valence-electron chi connectivity index (χ0n) is 11.9. The number of carbonyl (C=O) groups excluding carboxylic acids is 1. The van der Waals surface area contributed by atoms with Crippen LogP contribution in [0.15, 0.2) is 18.5 Å². The number of nitrogens with one attached hydrogen (secondary N) is 1. The molecule has 1 saturated carbocycles. The molecule has 1 amide bonds. The summed E-state index contributed by atoms with van der Waals surface area (Å²) >= 11 is 5.92. The number of aromatic nitrogens is 1. The first kappa shape index (κ1) is 15.8. The monoisotopic (exact) mass is 310 g/mol. The summed E-state index contributed by atoms with van der Waals surface area (Å²) in [6, 6.07) is 1.52. The van der Waals surface area contributed by atoms with Crippen LogP contribution in [0.25, 0.3) is 0 Å². The Morgan fingerprint density at radius 1 is 1.48 bits per heavy atom. The molecule has 1 aliphatic carbocycles. The molecule has 0 bridgehead atoms. The maximum absolute atomic E-state index is 12.1. The number of rotatable bonds is 4. The van der Waals surface area contributed by atoms with Crippen LogP contribution >= 0.6 is 11.6 Å². The van der Waals surface area contributed by atoms with Crippen LogP contribution < -0.4 is 5.32 Å². The highest BCUT2D eigenvalue weighted by atomic mass is 35.5. The maximum atomic E-state index is 12.1. The molecule has 21 heavy (non-hydrogen) atoms. The number of carboxylic acid groups (broad SMARTS) is 1. The fourth-order valence-electron chi connectivity index (χ4n) is 2.69. The van der Waals surface area contributed by atoms with Gasteiger partial charge in [-0.15, -0.1) is 0 Å². The van der Waals surface area contributed by atoms with E-state index in [1.807, 2.05) is 0 Å². The van der Waals surface area contributed by atoms with Gasteiger partial charge in [0.1, 0.15) is 0 Å². The lowest BCUT2D eigenvalue weighted by Crippen LogP contribution is -2.45. The molecule has 6 heteroatoms. The summed E-state index contributed by atoms with van der Waals surface area (Å²) in [6.45, 7) is 2.26. The Morgan fingerprint density at radius 2 is 2.14 bits per heavy atom. The summed E-state index contributed by atoms with van der Waals surface area (Å²) < 4.78 is 0. The van der Waals surface area contributed by atoms with Gasteiger partial charge >= 0.3 is 5.97 Å². The third-order valence-corrected chi connectivity index (χ3v) is 4.59. The van der Waals surface area contributed by atoms with Crippen molar-refractivity contribution in [1.29, 1.82) is 0 Å². The number of amides is 1. The van der Waals surface area contributed by atoms with Crippen LogP contribution in [-0.2, 0) is 4.79 Å². The second-order valence-corrected chi connectivity index (χ2v) is 6.21. The Balaban J connectivity index is 2.04. The summed E-state index contributed by atoms with van der Waals surface area (Å²) in [5.74, 6) is -0.653. The van der Waals surface area contributed by atoms with Crippen LogP contribution in [-0.4, -0.2) is 28.5 Å². The van der Waals surface area contributed by atoms with E-state index in [0.29, 0.717) is 24.3 Å². The first-order chi connectivity index (χ1) is 9.94. The van der Waals surface area contributed by atoms with Crippen LogP contribution in [0.4, 0.5) is 0 Å². The Bertz CT molecular complexity index is 539. The standard InChI is InChI=1S/C15H19ClN2O3/c1-10-2-5-15(6-3-10,14(20)21)9-18-13(19)11-4-7-17-8-12(11)16/h4,7-8,10H,2-3,5-6,9H2,1H3,(H,18,19)(H,20,21). The van der Waals surface area contributed by atoms with E-state index in [0.717, 1.165) is 12.8 Å². The SMILES string of the molecule is CC1CCC(CNC(=O)c2ccncc2Cl)(C(=O)O)CC1. The van der Waals surface area contributed by atoms with Gasteiger partial charge in [-0.2, -0.15) is 0 Å². The lowest BCUT2D eigenvalue weighted by Gasteiger charge is -2.35. The molecular weight excluding hydrogens is 292 g/mol. The lowest BCUT2D eigenvalue weighted by molar-refractivity contribution is -0.151. The molecule has 1 aromatic heterocycles. The fraction of sp³-hybridized carbons (Fsp3) is 0.533. The van der Waals surface area contributed by atoms with Crippen molar-refractivity contribution in [2.24, 2.45) is 11.3 Å². The van der Waals surface area contributed by atoms with E-state index in [4.69, 9.17) is 11.6 Å². The number of nitrogens with zero attached hydrogens (tertiary/aromatic N) is 1. The van der Waals surface area contributed by atoms with Gasteiger partial charge in [-0.3, -0.25) is 14.6 Å². The van der Waals surface area contributed by atoms with Crippen LogP contribution in [0.5, 0.6) is 0 Å². The van der Waals surface area contributed by atoms with Crippen molar-refractivity contribution in [3.63, 3.8) is 0 Å². The number of hydrogen-bond donors (Lipinski definition) is 2. The Labute approximate surface area is 128 Å². The average Bonchev–Trinajstić information content (AvgIpc) is 2.47. The molecule has 0 unspecified atom stereocenters. The molecule has 1 fully saturated rings. The van der Waals surface area contributed by atoms with Gasteiger partial charge in [0.2, 0.25) is 0 Å². The first-order valence-corrected chi connectivity index (χ1v) is 7.43. The third-order valence-electron chi connectivity index (χ3n) is 4.29. The number of hydrogen-bond acceptors (Lipinski definition) is 3. The smallest absolute Gasteiger partial charge is 0.311 e. The summed E-state index contributed by atoms with van der Waals surface area (Å²) in [4.78, 5) is 27.6. The summed E-state index contributed by atoms with van der Waals surface area (Å²) in [6.07, 6.45) is 5.81. The Morgan fingerprint density at radius 3 is 2.71 bits per heavy atom. The minimum Gasteiger partial charge on any atom is -0.481 e. The van der Waals surface area contributed by atoms with Crippen LogP contribution in [0, 0.1) is 11.3 Å². The topological polar surface area (TPSA) is 79.3 Å². The molecule has 0 aromatic carbocycles. The van der Waals surface area contributed by atoms with Crippen molar-refractivity contribution < 1.29 is 14.7 Å². The molecule has 0 saturated heterocycles. The van der Waals surface area contributed by atoms with Crippen molar-refractivity contribution in [1.82, 2.24) is 10.3 Å². The van der Waals surface area contributed by atoms with Crippen molar-refractivity contribution in [2.45, 2.75) is 32.6 Å².